The lowest BCUT2D eigenvalue weighted by Gasteiger charge is -1.99. The largest absolute Gasteiger partial charge is 0.396 e. The third-order valence-electron chi connectivity index (χ3n) is 1.86. The van der Waals surface area contributed by atoms with Crippen LogP contribution < -0.4 is 0 Å². The van der Waals surface area contributed by atoms with Crippen LogP contribution in [0.2, 0.25) is 0 Å². The molecule has 0 aromatic heterocycles. The summed E-state index contributed by atoms with van der Waals surface area (Å²) in [7, 11) is 0. The van der Waals surface area contributed by atoms with Gasteiger partial charge in [0.05, 0.1) is 0 Å². The second-order valence-corrected chi connectivity index (χ2v) is 4.46. The number of unbranched alkanes of at least 4 members (excludes halogenated alkanes) is 5. The number of carbonyl (C=O) groups is 1. The van der Waals surface area contributed by atoms with Gasteiger partial charge in [-0.15, -0.1) is 0 Å². The van der Waals surface area contributed by atoms with E-state index in [1.54, 1.807) is 6.92 Å². The fraction of sp³-hybridized carbons (Fsp3) is 0.900. The quantitative estimate of drug-likeness (QED) is 0.617. The Balaban J connectivity index is 2.87. The van der Waals surface area contributed by atoms with Crippen molar-refractivity contribution in [3.8, 4) is 0 Å². The maximum Gasteiger partial charge on any atom is 0.185 e. The first-order chi connectivity index (χ1) is 6.27. The highest BCUT2D eigenvalue weighted by molar-refractivity contribution is 8.13. The van der Waals surface area contributed by atoms with E-state index in [9.17, 15) is 4.79 Å². The first-order valence-electron chi connectivity index (χ1n) is 5.01. The SMILES string of the molecule is CC(=O)SCCCCCCCCO. The number of aliphatic hydroxyl groups is 1. The Kier molecular flexibility index (Phi) is 10.0. The van der Waals surface area contributed by atoms with E-state index in [1.165, 1.54) is 31.0 Å². The van der Waals surface area contributed by atoms with Gasteiger partial charge in [0.2, 0.25) is 0 Å². The number of hydrogen-bond donors (Lipinski definition) is 1. The van der Waals surface area contributed by atoms with Crippen LogP contribution in [-0.4, -0.2) is 22.6 Å². The van der Waals surface area contributed by atoms with E-state index in [4.69, 9.17) is 5.11 Å². The first-order valence-corrected chi connectivity index (χ1v) is 6.00. The van der Waals surface area contributed by atoms with Gasteiger partial charge in [-0.05, 0) is 12.8 Å². The molecule has 0 aromatic carbocycles. The molecule has 0 bridgehead atoms. The van der Waals surface area contributed by atoms with Gasteiger partial charge >= 0.3 is 0 Å². The molecule has 0 spiro atoms. The van der Waals surface area contributed by atoms with Crippen LogP contribution in [0.25, 0.3) is 0 Å². The third kappa shape index (κ3) is 12.0. The minimum atomic E-state index is 0.222. The third-order valence-corrected chi connectivity index (χ3v) is 2.76. The van der Waals surface area contributed by atoms with Crippen LogP contribution in [0.4, 0.5) is 0 Å². The molecule has 78 valence electrons. The van der Waals surface area contributed by atoms with E-state index in [-0.39, 0.29) is 5.12 Å². The minimum absolute atomic E-state index is 0.222. The number of carbonyl (C=O) groups excluding carboxylic acids is 1. The van der Waals surface area contributed by atoms with Crippen LogP contribution >= 0.6 is 11.8 Å². The zero-order valence-corrected chi connectivity index (χ0v) is 9.24. The van der Waals surface area contributed by atoms with Crippen molar-refractivity contribution in [3.63, 3.8) is 0 Å². The zero-order chi connectivity index (χ0) is 9.94. The van der Waals surface area contributed by atoms with Crippen LogP contribution in [0, 0.1) is 0 Å². The number of hydrogen-bond acceptors (Lipinski definition) is 3. The summed E-state index contributed by atoms with van der Waals surface area (Å²) in [6, 6.07) is 0. The highest BCUT2D eigenvalue weighted by Gasteiger charge is 1.94. The molecule has 0 fully saturated rings. The van der Waals surface area contributed by atoms with Crippen LogP contribution in [0.15, 0.2) is 0 Å². The van der Waals surface area contributed by atoms with Crippen molar-refractivity contribution in [1.82, 2.24) is 0 Å². The predicted molar refractivity (Wildman–Crippen MR) is 57.9 cm³/mol. The van der Waals surface area contributed by atoms with Gasteiger partial charge in [0.25, 0.3) is 0 Å². The molecule has 0 amide bonds. The Morgan fingerprint density at radius 3 is 2.15 bits per heavy atom. The maximum absolute atomic E-state index is 10.6. The standard InChI is InChI=1S/C10H20O2S/c1-10(12)13-9-7-5-3-2-4-6-8-11/h11H,2-9H2,1H3. The Bertz CT molecular complexity index is 126. The topological polar surface area (TPSA) is 37.3 Å². The minimum Gasteiger partial charge on any atom is -0.396 e. The molecular weight excluding hydrogens is 184 g/mol. The average Bonchev–Trinajstić information content (AvgIpc) is 2.09. The number of aliphatic hydroxyl groups excluding tert-OH is 1. The summed E-state index contributed by atoms with van der Waals surface area (Å²) < 4.78 is 0. The summed E-state index contributed by atoms with van der Waals surface area (Å²) in [6.45, 7) is 1.94. The van der Waals surface area contributed by atoms with Gasteiger partial charge in [-0.2, -0.15) is 0 Å². The van der Waals surface area contributed by atoms with Crippen molar-refractivity contribution in [2.75, 3.05) is 12.4 Å². The van der Waals surface area contributed by atoms with E-state index >= 15 is 0 Å². The predicted octanol–water partition coefficient (Wildman–Crippen LogP) is 2.60. The van der Waals surface area contributed by atoms with Gasteiger partial charge in [0.15, 0.2) is 5.12 Å². The first kappa shape index (κ1) is 13.0. The molecule has 0 aromatic rings. The van der Waals surface area contributed by atoms with Gasteiger partial charge in [-0.3, -0.25) is 4.79 Å². The maximum atomic E-state index is 10.6. The summed E-state index contributed by atoms with van der Waals surface area (Å²) in [4.78, 5) is 10.6. The molecule has 3 heteroatoms. The molecule has 0 aliphatic heterocycles. The molecule has 0 aliphatic carbocycles. The fourth-order valence-electron chi connectivity index (χ4n) is 1.14. The average molecular weight is 204 g/mol. The summed E-state index contributed by atoms with van der Waals surface area (Å²) in [5.74, 6) is 0.968. The van der Waals surface area contributed by atoms with E-state index < -0.39 is 0 Å². The number of thioether (sulfide) groups is 1. The van der Waals surface area contributed by atoms with Gasteiger partial charge in [-0.1, -0.05) is 37.4 Å². The second kappa shape index (κ2) is 10.1. The van der Waals surface area contributed by atoms with Crippen molar-refractivity contribution in [1.29, 1.82) is 0 Å². The van der Waals surface area contributed by atoms with Gasteiger partial charge in [0.1, 0.15) is 0 Å². The molecule has 0 atom stereocenters. The number of rotatable bonds is 8. The van der Waals surface area contributed by atoms with Crippen molar-refractivity contribution < 1.29 is 9.90 Å². The molecule has 0 saturated carbocycles. The normalized spacial score (nSPS) is 10.3. The van der Waals surface area contributed by atoms with Gasteiger partial charge < -0.3 is 5.11 Å². The Morgan fingerprint density at radius 2 is 1.62 bits per heavy atom. The lowest BCUT2D eigenvalue weighted by Crippen LogP contribution is -1.87. The summed E-state index contributed by atoms with van der Waals surface area (Å²) >= 11 is 1.42. The molecule has 0 rings (SSSR count). The molecule has 13 heavy (non-hydrogen) atoms. The molecule has 2 nitrogen and oxygen atoms in total. The highest BCUT2D eigenvalue weighted by Crippen LogP contribution is 2.09. The molecular formula is C10H20O2S. The summed E-state index contributed by atoms with van der Waals surface area (Å²) in [5.41, 5.74) is 0. The molecule has 1 N–H and O–H groups in total. The Hall–Kier alpha value is -0.0200. The fourth-order valence-corrected chi connectivity index (χ4v) is 1.77. The molecule has 0 radical (unpaired) electrons. The molecule has 0 unspecified atom stereocenters. The van der Waals surface area contributed by atoms with Crippen LogP contribution in [0.1, 0.15) is 45.4 Å². The second-order valence-electron chi connectivity index (χ2n) is 3.18. The van der Waals surface area contributed by atoms with Crippen LogP contribution in [0.5, 0.6) is 0 Å². The lowest BCUT2D eigenvalue weighted by molar-refractivity contribution is -0.109. The van der Waals surface area contributed by atoms with Crippen LogP contribution in [0.3, 0.4) is 0 Å². The lowest BCUT2D eigenvalue weighted by atomic mass is 10.1. The van der Waals surface area contributed by atoms with Crippen molar-refractivity contribution >= 4 is 16.9 Å². The van der Waals surface area contributed by atoms with E-state index in [0.29, 0.717) is 6.61 Å². The van der Waals surface area contributed by atoms with Gasteiger partial charge in [0, 0.05) is 19.3 Å². The van der Waals surface area contributed by atoms with Crippen LogP contribution in [-0.2, 0) is 4.79 Å². The summed E-state index contributed by atoms with van der Waals surface area (Å²) in [6.07, 6.45) is 6.87. The van der Waals surface area contributed by atoms with E-state index in [1.807, 2.05) is 0 Å². The smallest absolute Gasteiger partial charge is 0.185 e. The van der Waals surface area contributed by atoms with E-state index in [2.05, 4.69) is 0 Å². The highest BCUT2D eigenvalue weighted by atomic mass is 32.2. The van der Waals surface area contributed by atoms with Gasteiger partial charge in [-0.25, -0.2) is 0 Å². The monoisotopic (exact) mass is 204 g/mol. The molecule has 0 saturated heterocycles. The molecule has 0 heterocycles. The van der Waals surface area contributed by atoms with Crippen molar-refractivity contribution in [3.05, 3.63) is 0 Å². The van der Waals surface area contributed by atoms with Crippen molar-refractivity contribution in [2.45, 2.75) is 45.4 Å². The molecule has 0 aliphatic rings. The Morgan fingerprint density at radius 1 is 1.08 bits per heavy atom. The Labute approximate surface area is 85.1 Å². The van der Waals surface area contributed by atoms with Crippen molar-refractivity contribution in [2.24, 2.45) is 0 Å². The zero-order valence-electron chi connectivity index (χ0n) is 8.42. The summed E-state index contributed by atoms with van der Waals surface area (Å²) in [5, 5.41) is 8.75. The van der Waals surface area contributed by atoms with E-state index in [0.717, 1.165) is 25.0 Å².